The molecule has 1 amide bonds. The first-order valence-electron chi connectivity index (χ1n) is 10.6. The third kappa shape index (κ3) is 4.23. The number of hydrogen-bond acceptors (Lipinski definition) is 7. The zero-order valence-corrected chi connectivity index (χ0v) is 18.7. The highest BCUT2D eigenvalue weighted by atomic mass is 32.1. The average Bonchev–Trinajstić information content (AvgIpc) is 3.28. The van der Waals surface area contributed by atoms with Gasteiger partial charge in [0.15, 0.2) is 18.2 Å². The van der Waals surface area contributed by atoms with Crippen LogP contribution in [0.3, 0.4) is 0 Å². The number of fused-ring (bicyclic) bond motifs is 3. The van der Waals surface area contributed by atoms with Crippen molar-refractivity contribution in [3.63, 3.8) is 0 Å². The third-order valence-corrected chi connectivity index (χ3v) is 6.55. The summed E-state index contributed by atoms with van der Waals surface area (Å²) in [6.07, 6.45) is 0.546. The van der Waals surface area contributed by atoms with Crippen molar-refractivity contribution in [3.05, 3.63) is 94.0 Å². The number of ether oxygens (including phenoxy) is 1. The van der Waals surface area contributed by atoms with Crippen molar-refractivity contribution < 1.29 is 23.9 Å². The van der Waals surface area contributed by atoms with E-state index in [0.29, 0.717) is 28.8 Å². The molecule has 0 fully saturated rings. The van der Waals surface area contributed by atoms with Crippen LogP contribution in [0.25, 0.3) is 10.2 Å². The molecule has 1 aliphatic rings. The van der Waals surface area contributed by atoms with E-state index in [1.807, 2.05) is 24.3 Å². The zero-order valence-electron chi connectivity index (χ0n) is 17.9. The van der Waals surface area contributed by atoms with Gasteiger partial charge in [0, 0.05) is 34.4 Å². The molecule has 1 aliphatic carbocycles. The molecule has 1 aromatic heterocycles. The van der Waals surface area contributed by atoms with Crippen LogP contribution in [0.4, 0.5) is 5.69 Å². The minimum absolute atomic E-state index is 0.113. The second-order valence-electron chi connectivity index (χ2n) is 7.75. The zero-order chi connectivity index (χ0) is 23.7. The monoisotopic (exact) mass is 470 g/mol. The van der Waals surface area contributed by atoms with Gasteiger partial charge < -0.3 is 10.1 Å². The molecule has 3 aromatic carbocycles. The number of hydrogen-bond donors (Lipinski definition) is 1. The van der Waals surface area contributed by atoms with Crippen molar-refractivity contribution in [2.75, 3.05) is 11.9 Å². The van der Waals surface area contributed by atoms with Gasteiger partial charge in [-0.15, -0.1) is 11.3 Å². The van der Waals surface area contributed by atoms with E-state index in [2.05, 4.69) is 10.3 Å². The van der Waals surface area contributed by atoms with Crippen LogP contribution in [0.1, 0.15) is 43.3 Å². The first kappa shape index (κ1) is 21.7. The molecule has 4 aromatic rings. The highest BCUT2D eigenvalue weighted by Gasteiger charge is 2.29. The van der Waals surface area contributed by atoms with Gasteiger partial charge in [-0.3, -0.25) is 19.2 Å². The number of nitrogens with zero attached hydrogens (tertiary/aromatic N) is 1. The number of anilines is 1. The lowest BCUT2D eigenvalue weighted by atomic mass is 9.84. The summed E-state index contributed by atoms with van der Waals surface area (Å²) >= 11 is 1.52. The summed E-state index contributed by atoms with van der Waals surface area (Å²) in [4.78, 5) is 54.3. The second-order valence-corrected chi connectivity index (χ2v) is 8.86. The maximum absolute atomic E-state index is 12.8. The quantitative estimate of drug-likeness (QED) is 0.374. The normalized spacial score (nSPS) is 12.2. The van der Waals surface area contributed by atoms with Crippen LogP contribution < -0.4 is 5.32 Å². The maximum Gasteiger partial charge on any atom is 0.306 e. The van der Waals surface area contributed by atoms with Gasteiger partial charge in [-0.05, 0) is 30.3 Å². The number of benzene rings is 3. The van der Waals surface area contributed by atoms with Gasteiger partial charge in [-0.2, -0.15) is 0 Å². The number of nitrogens with one attached hydrogen (secondary N) is 1. The van der Waals surface area contributed by atoms with Gasteiger partial charge >= 0.3 is 5.97 Å². The minimum Gasteiger partial charge on any atom is -0.456 e. The number of thiazole rings is 1. The molecule has 0 aliphatic heterocycles. The van der Waals surface area contributed by atoms with Crippen molar-refractivity contribution in [2.45, 2.75) is 12.8 Å². The molecular weight excluding hydrogens is 452 g/mol. The standard InChI is InChI=1S/C26H18N2O5S/c29-22(14-33-24(30)12-11-23-28-20-7-3-4-8-21(20)34-23)27-15-9-10-18-19(13-15)26(32)17-6-2-1-5-16(17)25(18)31/h1-10,13H,11-12,14H2,(H,27,29). The van der Waals surface area contributed by atoms with E-state index in [1.165, 1.54) is 23.5 Å². The van der Waals surface area contributed by atoms with Gasteiger partial charge in [0.25, 0.3) is 5.91 Å². The number of rotatable bonds is 6. The van der Waals surface area contributed by atoms with Crippen molar-refractivity contribution in [2.24, 2.45) is 0 Å². The summed E-state index contributed by atoms with van der Waals surface area (Å²) in [6.45, 7) is -0.453. The number of ketones is 2. The molecule has 0 atom stereocenters. The Kier molecular flexibility index (Phi) is 5.73. The molecule has 0 radical (unpaired) electrons. The van der Waals surface area contributed by atoms with Crippen molar-refractivity contribution in [1.29, 1.82) is 0 Å². The predicted molar refractivity (Wildman–Crippen MR) is 127 cm³/mol. The molecule has 1 N–H and O–H groups in total. The summed E-state index contributed by atoms with van der Waals surface area (Å²) in [5, 5.41) is 3.44. The van der Waals surface area contributed by atoms with Crippen molar-refractivity contribution in [1.82, 2.24) is 4.98 Å². The largest absolute Gasteiger partial charge is 0.456 e. The summed E-state index contributed by atoms with van der Waals surface area (Å²) in [5.74, 6) is -1.55. The Labute approximate surface area is 198 Å². The smallest absolute Gasteiger partial charge is 0.306 e. The van der Waals surface area contributed by atoms with E-state index in [-0.39, 0.29) is 23.6 Å². The number of amides is 1. The Hall–Kier alpha value is -4.17. The van der Waals surface area contributed by atoms with Crippen molar-refractivity contribution >= 4 is 50.7 Å². The highest BCUT2D eigenvalue weighted by molar-refractivity contribution is 7.18. The van der Waals surface area contributed by atoms with E-state index in [4.69, 9.17) is 4.74 Å². The van der Waals surface area contributed by atoms with E-state index in [0.717, 1.165) is 15.2 Å². The fourth-order valence-corrected chi connectivity index (χ4v) is 4.80. The van der Waals surface area contributed by atoms with E-state index in [1.54, 1.807) is 30.3 Å². The molecular formula is C26H18N2O5S. The van der Waals surface area contributed by atoms with Crippen LogP contribution in [-0.2, 0) is 20.7 Å². The molecule has 5 rings (SSSR count). The minimum atomic E-state index is -0.539. The highest BCUT2D eigenvalue weighted by Crippen LogP contribution is 2.29. The lowest BCUT2D eigenvalue weighted by Crippen LogP contribution is -2.23. The van der Waals surface area contributed by atoms with Crippen LogP contribution in [-0.4, -0.2) is 35.0 Å². The van der Waals surface area contributed by atoms with Gasteiger partial charge in [-0.1, -0.05) is 36.4 Å². The van der Waals surface area contributed by atoms with Crippen LogP contribution >= 0.6 is 11.3 Å². The number of esters is 1. The molecule has 0 unspecified atom stereocenters. The number of carbonyl (C=O) groups excluding carboxylic acids is 4. The molecule has 0 saturated heterocycles. The third-order valence-electron chi connectivity index (χ3n) is 5.45. The topological polar surface area (TPSA) is 102 Å². The Morgan fingerprint density at radius 3 is 2.29 bits per heavy atom. The Bertz CT molecular complexity index is 1440. The maximum atomic E-state index is 12.8. The van der Waals surface area contributed by atoms with Gasteiger partial charge in [0.05, 0.1) is 21.6 Å². The summed E-state index contributed by atoms with van der Waals surface area (Å²) in [7, 11) is 0. The Morgan fingerprint density at radius 1 is 0.853 bits per heavy atom. The Balaban J connectivity index is 1.17. The number of aromatic nitrogens is 1. The van der Waals surface area contributed by atoms with Crippen LogP contribution in [0, 0.1) is 0 Å². The molecule has 7 nitrogen and oxygen atoms in total. The molecule has 0 saturated carbocycles. The summed E-state index contributed by atoms with van der Waals surface area (Å²) in [6, 6.07) is 18.9. The molecule has 0 spiro atoms. The summed E-state index contributed by atoms with van der Waals surface area (Å²) < 4.78 is 6.13. The fourth-order valence-electron chi connectivity index (χ4n) is 3.83. The second kappa shape index (κ2) is 8.99. The molecule has 1 heterocycles. The van der Waals surface area contributed by atoms with Gasteiger partial charge in [0.1, 0.15) is 0 Å². The number of carbonyl (C=O) groups is 4. The van der Waals surface area contributed by atoms with Crippen molar-refractivity contribution in [3.8, 4) is 0 Å². The van der Waals surface area contributed by atoms with Gasteiger partial charge in [0.2, 0.25) is 0 Å². The van der Waals surface area contributed by atoms with E-state index >= 15 is 0 Å². The first-order chi connectivity index (χ1) is 16.5. The lowest BCUT2D eigenvalue weighted by Gasteiger charge is -2.18. The van der Waals surface area contributed by atoms with Crippen LogP contribution in [0.2, 0.25) is 0 Å². The van der Waals surface area contributed by atoms with E-state index in [9.17, 15) is 19.2 Å². The lowest BCUT2D eigenvalue weighted by molar-refractivity contribution is -0.147. The molecule has 0 bridgehead atoms. The SMILES string of the molecule is O=C(COC(=O)CCc1nc2ccccc2s1)Nc1ccc2c(c1)C(=O)c1ccccc1C2=O. The van der Waals surface area contributed by atoms with Crippen LogP contribution in [0.5, 0.6) is 0 Å². The number of para-hydroxylation sites is 1. The first-order valence-corrected chi connectivity index (χ1v) is 11.4. The Morgan fingerprint density at radius 2 is 1.53 bits per heavy atom. The fraction of sp³-hybridized carbons (Fsp3) is 0.115. The van der Waals surface area contributed by atoms with E-state index < -0.39 is 18.5 Å². The molecule has 34 heavy (non-hydrogen) atoms. The number of aryl methyl sites for hydroxylation is 1. The van der Waals surface area contributed by atoms with Crippen LogP contribution in [0.15, 0.2) is 66.7 Å². The predicted octanol–water partition coefficient (Wildman–Crippen LogP) is 4.19. The van der Waals surface area contributed by atoms with Gasteiger partial charge in [-0.25, -0.2) is 4.98 Å². The average molecular weight is 471 g/mol. The molecule has 8 heteroatoms. The molecule has 168 valence electrons. The summed E-state index contributed by atoms with van der Waals surface area (Å²) in [5.41, 5.74) is 2.47.